The van der Waals surface area contributed by atoms with Gasteiger partial charge in [0.05, 0.1) is 28.4 Å². The van der Waals surface area contributed by atoms with E-state index in [0.717, 1.165) is 30.7 Å². The molecule has 3 heterocycles. The van der Waals surface area contributed by atoms with Crippen LogP contribution < -0.4 is 10.9 Å². The summed E-state index contributed by atoms with van der Waals surface area (Å²) >= 11 is 1.30. The van der Waals surface area contributed by atoms with E-state index in [0.29, 0.717) is 28.4 Å². The maximum atomic E-state index is 13.4. The van der Waals surface area contributed by atoms with Crippen molar-refractivity contribution in [2.75, 3.05) is 18.9 Å². The Morgan fingerprint density at radius 2 is 2.00 bits per heavy atom. The number of amides is 1. The fourth-order valence-corrected chi connectivity index (χ4v) is 4.79. The SMILES string of the molecule is Cc1ccccc1-n1c(=O)c2ccccc2n2c(SCC(=O)NCC3CCCO3)nnc12. The number of rotatable bonds is 6. The Morgan fingerprint density at radius 3 is 2.81 bits per heavy atom. The van der Waals surface area contributed by atoms with Crippen LogP contribution >= 0.6 is 11.8 Å². The van der Waals surface area contributed by atoms with Crippen LogP contribution in [0.3, 0.4) is 0 Å². The minimum absolute atomic E-state index is 0.0845. The zero-order valence-corrected chi connectivity index (χ0v) is 18.5. The number of ether oxygens (including phenoxy) is 1. The number of fused-ring (bicyclic) bond motifs is 3. The fourth-order valence-electron chi connectivity index (χ4n) is 4.02. The standard InChI is InChI=1S/C23H23N5O3S/c1-15-7-2-4-10-18(15)27-21(30)17-9-3-5-11-19(17)28-22(27)25-26-23(28)32-14-20(29)24-13-16-8-6-12-31-16/h2-5,7,9-11,16H,6,8,12-14H2,1H3,(H,24,29). The van der Waals surface area contributed by atoms with Crippen molar-refractivity contribution in [1.82, 2.24) is 24.5 Å². The van der Waals surface area contributed by atoms with Crippen LogP contribution in [-0.4, -0.2) is 50.1 Å². The van der Waals surface area contributed by atoms with Crippen molar-refractivity contribution in [3.05, 3.63) is 64.4 Å². The van der Waals surface area contributed by atoms with Gasteiger partial charge in [0, 0.05) is 13.2 Å². The summed E-state index contributed by atoms with van der Waals surface area (Å²) in [7, 11) is 0. The van der Waals surface area contributed by atoms with Gasteiger partial charge in [0.2, 0.25) is 11.7 Å². The molecule has 5 rings (SSSR count). The molecular formula is C23H23N5O3S. The Hall–Kier alpha value is -3.17. The fraction of sp³-hybridized carbons (Fsp3) is 0.304. The van der Waals surface area contributed by atoms with Crippen LogP contribution in [0.2, 0.25) is 0 Å². The van der Waals surface area contributed by atoms with Crippen LogP contribution in [0, 0.1) is 6.92 Å². The quantitative estimate of drug-likeness (QED) is 0.455. The Kier molecular flexibility index (Phi) is 5.67. The predicted molar refractivity (Wildman–Crippen MR) is 124 cm³/mol. The normalized spacial score (nSPS) is 16.1. The predicted octanol–water partition coefficient (Wildman–Crippen LogP) is 2.73. The minimum Gasteiger partial charge on any atom is -0.376 e. The van der Waals surface area contributed by atoms with Crippen molar-refractivity contribution in [3.63, 3.8) is 0 Å². The van der Waals surface area contributed by atoms with Gasteiger partial charge < -0.3 is 10.1 Å². The highest BCUT2D eigenvalue weighted by Gasteiger charge is 2.20. The van der Waals surface area contributed by atoms with Gasteiger partial charge in [-0.05, 0) is 43.5 Å². The van der Waals surface area contributed by atoms with Crippen LogP contribution in [0.1, 0.15) is 18.4 Å². The topological polar surface area (TPSA) is 90.5 Å². The van der Waals surface area contributed by atoms with E-state index in [-0.39, 0.29) is 23.3 Å². The van der Waals surface area contributed by atoms with Crippen LogP contribution in [0.15, 0.2) is 58.5 Å². The molecule has 1 aliphatic rings. The first kappa shape index (κ1) is 20.7. The Balaban J connectivity index is 1.52. The lowest BCUT2D eigenvalue weighted by molar-refractivity contribution is -0.119. The lowest BCUT2D eigenvalue weighted by atomic mass is 10.2. The zero-order chi connectivity index (χ0) is 22.1. The van der Waals surface area contributed by atoms with Gasteiger partial charge >= 0.3 is 0 Å². The maximum Gasteiger partial charge on any atom is 0.267 e. The number of carbonyl (C=O) groups excluding carboxylic acids is 1. The molecule has 0 aliphatic carbocycles. The van der Waals surface area contributed by atoms with E-state index in [1.807, 2.05) is 53.8 Å². The molecule has 4 aromatic rings. The van der Waals surface area contributed by atoms with Crippen molar-refractivity contribution >= 4 is 34.3 Å². The van der Waals surface area contributed by atoms with Gasteiger partial charge in [-0.15, -0.1) is 10.2 Å². The van der Waals surface area contributed by atoms with E-state index >= 15 is 0 Å². The third-order valence-electron chi connectivity index (χ3n) is 5.63. The van der Waals surface area contributed by atoms with Gasteiger partial charge in [-0.3, -0.25) is 14.0 Å². The molecule has 164 valence electrons. The Labute approximate surface area is 188 Å². The number of nitrogens with one attached hydrogen (secondary N) is 1. The van der Waals surface area contributed by atoms with E-state index in [1.54, 1.807) is 10.6 Å². The molecule has 1 atom stereocenters. The summed E-state index contributed by atoms with van der Waals surface area (Å²) in [6, 6.07) is 15.1. The Morgan fingerprint density at radius 1 is 1.19 bits per heavy atom. The summed E-state index contributed by atoms with van der Waals surface area (Å²) in [5.41, 5.74) is 2.27. The van der Waals surface area contributed by atoms with E-state index in [9.17, 15) is 9.59 Å². The molecular weight excluding hydrogens is 426 g/mol. The summed E-state index contributed by atoms with van der Waals surface area (Å²) in [5.74, 6) is 0.537. The average Bonchev–Trinajstić information content (AvgIpc) is 3.48. The summed E-state index contributed by atoms with van der Waals surface area (Å²) in [4.78, 5) is 25.8. The Bertz CT molecular complexity index is 1360. The molecule has 1 fully saturated rings. The first-order chi connectivity index (χ1) is 15.6. The van der Waals surface area contributed by atoms with Gasteiger partial charge in [0.15, 0.2) is 5.16 Å². The number of aromatic nitrogens is 4. The molecule has 1 N–H and O–H groups in total. The zero-order valence-electron chi connectivity index (χ0n) is 17.7. The molecule has 1 unspecified atom stereocenters. The summed E-state index contributed by atoms with van der Waals surface area (Å²) in [6.45, 7) is 3.24. The van der Waals surface area contributed by atoms with Crippen molar-refractivity contribution in [3.8, 4) is 5.69 Å². The van der Waals surface area contributed by atoms with Crippen molar-refractivity contribution in [2.24, 2.45) is 0 Å². The second-order valence-corrected chi connectivity index (χ2v) is 8.73. The molecule has 1 aliphatic heterocycles. The molecule has 0 radical (unpaired) electrons. The van der Waals surface area contributed by atoms with E-state index in [2.05, 4.69) is 15.5 Å². The number of aryl methyl sites for hydroxylation is 1. The molecule has 2 aromatic heterocycles. The van der Waals surface area contributed by atoms with Gasteiger partial charge in [-0.25, -0.2) is 4.57 Å². The molecule has 1 saturated heterocycles. The number of para-hydroxylation sites is 2. The van der Waals surface area contributed by atoms with Crippen LogP contribution in [0.25, 0.3) is 22.4 Å². The minimum atomic E-state index is -0.152. The van der Waals surface area contributed by atoms with Crippen LogP contribution in [0.5, 0.6) is 0 Å². The molecule has 8 nitrogen and oxygen atoms in total. The molecule has 0 spiro atoms. The van der Waals surface area contributed by atoms with Crippen molar-refractivity contribution in [1.29, 1.82) is 0 Å². The molecule has 32 heavy (non-hydrogen) atoms. The number of nitrogens with zero attached hydrogens (tertiary/aromatic N) is 4. The first-order valence-corrected chi connectivity index (χ1v) is 11.6. The summed E-state index contributed by atoms with van der Waals surface area (Å²) in [6.07, 6.45) is 2.12. The molecule has 1 amide bonds. The van der Waals surface area contributed by atoms with Crippen LogP contribution in [0.4, 0.5) is 0 Å². The molecule has 0 saturated carbocycles. The third kappa shape index (κ3) is 3.78. The third-order valence-corrected chi connectivity index (χ3v) is 6.56. The molecule has 0 bridgehead atoms. The van der Waals surface area contributed by atoms with E-state index in [1.165, 1.54) is 11.8 Å². The van der Waals surface area contributed by atoms with Crippen molar-refractivity contribution in [2.45, 2.75) is 31.0 Å². The average molecular weight is 450 g/mol. The van der Waals surface area contributed by atoms with Gasteiger partial charge in [0.1, 0.15) is 0 Å². The lowest BCUT2D eigenvalue weighted by Crippen LogP contribution is -2.32. The maximum absolute atomic E-state index is 13.4. The number of hydrogen-bond donors (Lipinski definition) is 1. The molecule has 9 heteroatoms. The second kappa shape index (κ2) is 8.76. The van der Waals surface area contributed by atoms with Crippen LogP contribution in [-0.2, 0) is 9.53 Å². The molecule has 2 aromatic carbocycles. The monoisotopic (exact) mass is 449 g/mol. The van der Waals surface area contributed by atoms with Crippen molar-refractivity contribution < 1.29 is 9.53 Å². The van der Waals surface area contributed by atoms with E-state index < -0.39 is 0 Å². The smallest absolute Gasteiger partial charge is 0.267 e. The number of hydrogen-bond acceptors (Lipinski definition) is 6. The highest BCUT2D eigenvalue weighted by molar-refractivity contribution is 7.99. The number of benzene rings is 2. The highest BCUT2D eigenvalue weighted by Crippen LogP contribution is 2.24. The lowest BCUT2D eigenvalue weighted by Gasteiger charge is -2.13. The highest BCUT2D eigenvalue weighted by atomic mass is 32.2. The number of thioether (sulfide) groups is 1. The second-order valence-electron chi connectivity index (χ2n) is 7.79. The summed E-state index contributed by atoms with van der Waals surface area (Å²) in [5, 5.41) is 12.7. The summed E-state index contributed by atoms with van der Waals surface area (Å²) < 4.78 is 8.99. The first-order valence-electron chi connectivity index (χ1n) is 10.6. The van der Waals surface area contributed by atoms with E-state index in [4.69, 9.17) is 4.74 Å². The largest absolute Gasteiger partial charge is 0.376 e. The number of carbonyl (C=O) groups is 1. The van der Waals surface area contributed by atoms with Gasteiger partial charge in [-0.2, -0.15) is 0 Å². The van der Waals surface area contributed by atoms with Gasteiger partial charge in [0.25, 0.3) is 5.56 Å². The van der Waals surface area contributed by atoms with Gasteiger partial charge in [-0.1, -0.05) is 42.1 Å².